The number of rotatable bonds is 1. The molecular weight excluding hydrogens is 303 g/mol. The van der Waals surface area contributed by atoms with Crippen LogP contribution in [0.3, 0.4) is 0 Å². The second-order valence-corrected chi connectivity index (χ2v) is 6.01. The van der Waals surface area contributed by atoms with Gasteiger partial charge in [0.05, 0.1) is 7.11 Å². The second kappa shape index (κ2) is 6.58. The maximum Gasteiger partial charge on any atom is 0.410 e. The van der Waals surface area contributed by atoms with Gasteiger partial charge in [0, 0.05) is 12.6 Å². The molecule has 1 fully saturated rings. The van der Waals surface area contributed by atoms with E-state index in [9.17, 15) is 22.8 Å². The van der Waals surface area contributed by atoms with Crippen molar-refractivity contribution in [3.05, 3.63) is 11.6 Å². The minimum absolute atomic E-state index is 0.165. The molecule has 0 spiro atoms. The number of nitrogens with zero attached hydrogens (tertiary/aromatic N) is 1. The molecule has 1 aliphatic heterocycles. The van der Waals surface area contributed by atoms with Crippen molar-refractivity contribution in [1.82, 2.24) is 4.90 Å². The Balaban J connectivity index is 2.94. The van der Waals surface area contributed by atoms with Crippen LogP contribution in [-0.4, -0.2) is 48.4 Å². The zero-order valence-corrected chi connectivity index (χ0v) is 13.0. The summed E-state index contributed by atoms with van der Waals surface area (Å²) in [6, 6.07) is -2.01. The summed E-state index contributed by atoms with van der Waals surface area (Å²) in [6.45, 7) is 4.59. The van der Waals surface area contributed by atoms with Crippen LogP contribution in [0, 0.1) is 0 Å². The fourth-order valence-electron chi connectivity index (χ4n) is 2.07. The molecule has 0 aromatic heterocycles. The Morgan fingerprint density at radius 1 is 1.27 bits per heavy atom. The first-order chi connectivity index (χ1) is 9.94. The molecular formula is C14H20F3NO4. The summed E-state index contributed by atoms with van der Waals surface area (Å²) in [5, 5.41) is 0. The summed E-state index contributed by atoms with van der Waals surface area (Å²) in [5.74, 6) is -0.707. The number of piperidine rings is 1. The second-order valence-electron chi connectivity index (χ2n) is 6.01. The largest absolute Gasteiger partial charge is 0.466 e. The van der Waals surface area contributed by atoms with Gasteiger partial charge in [-0.2, -0.15) is 13.2 Å². The van der Waals surface area contributed by atoms with E-state index in [0.717, 1.165) is 13.2 Å². The third kappa shape index (κ3) is 5.23. The molecule has 0 bridgehead atoms. The van der Waals surface area contributed by atoms with Gasteiger partial charge >= 0.3 is 18.2 Å². The maximum atomic E-state index is 13.2. The normalized spacial score (nSPS) is 21.7. The minimum Gasteiger partial charge on any atom is -0.466 e. The number of methoxy groups -OCH3 is 1. The zero-order chi connectivity index (χ0) is 17.1. The predicted molar refractivity (Wildman–Crippen MR) is 72.1 cm³/mol. The van der Waals surface area contributed by atoms with Gasteiger partial charge in [-0.05, 0) is 33.6 Å². The lowest BCUT2D eigenvalue weighted by molar-refractivity contribution is -0.183. The van der Waals surface area contributed by atoms with E-state index >= 15 is 0 Å². The number of likely N-dealkylation sites (tertiary alicyclic amines) is 1. The van der Waals surface area contributed by atoms with E-state index in [0.29, 0.717) is 10.5 Å². The molecule has 1 atom stereocenters. The molecule has 1 heterocycles. The zero-order valence-electron chi connectivity index (χ0n) is 13.0. The molecule has 1 unspecified atom stereocenters. The van der Waals surface area contributed by atoms with Crippen LogP contribution in [0.15, 0.2) is 11.6 Å². The highest BCUT2D eigenvalue weighted by Gasteiger charge is 2.48. The molecule has 1 rings (SSSR count). The number of amides is 1. The summed E-state index contributed by atoms with van der Waals surface area (Å²) >= 11 is 0. The van der Waals surface area contributed by atoms with Crippen LogP contribution in [0.4, 0.5) is 18.0 Å². The quantitative estimate of drug-likeness (QED) is 0.550. The summed E-state index contributed by atoms with van der Waals surface area (Å²) < 4.78 is 49.0. The molecule has 0 aromatic carbocycles. The Morgan fingerprint density at radius 3 is 2.32 bits per heavy atom. The Bertz CT molecular complexity index is 466. The number of alkyl halides is 3. The summed E-state index contributed by atoms with van der Waals surface area (Å²) in [5.41, 5.74) is -0.580. The van der Waals surface area contributed by atoms with E-state index in [4.69, 9.17) is 4.74 Å². The van der Waals surface area contributed by atoms with Gasteiger partial charge in [0.1, 0.15) is 11.6 Å². The Morgan fingerprint density at radius 2 is 1.86 bits per heavy atom. The van der Waals surface area contributed by atoms with Crippen LogP contribution < -0.4 is 0 Å². The molecule has 0 radical (unpaired) electrons. The highest BCUT2D eigenvalue weighted by Crippen LogP contribution is 2.35. The fourth-order valence-corrected chi connectivity index (χ4v) is 2.07. The average Bonchev–Trinajstić information content (AvgIpc) is 2.35. The van der Waals surface area contributed by atoms with E-state index in [1.807, 2.05) is 0 Å². The standard InChI is InChI=1S/C14H20F3NO4/c1-13(2,3)22-12(20)18-6-5-9(8-11(19)21-4)7-10(18)14(15,16)17/h8,10H,5-7H2,1-4H3/b9-8+. The van der Waals surface area contributed by atoms with Crippen LogP contribution >= 0.6 is 0 Å². The number of esters is 1. The Hall–Kier alpha value is -1.73. The van der Waals surface area contributed by atoms with Gasteiger partial charge in [0.25, 0.3) is 0 Å². The SMILES string of the molecule is COC(=O)/C=C1\CCN(C(=O)OC(C)(C)C)C(C(F)(F)F)C1. The lowest BCUT2D eigenvalue weighted by Gasteiger charge is -2.38. The fraction of sp³-hybridized carbons (Fsp3) is 0.714. The van der Waals surface area contributed by atoms with Crippen molar-refractivity contribution in [2.45, 2.75) is 51.4 Å². The van der Waals surface area contributed by atoms with Crippen molar-refractivity contribution < 1.29 is 32.2 Å². The molecule has 0 aromatic rings. The van der Waals surface area contributed by atoms with Crippen molar-refractivity contribution in [2.75, 3.05) is 13.7 Å². The average molecular weight is 323 g/mol. The molecule has 5 nitrogen and oxygen atoms in total. The first-order valence-electron chi connectivity index (χ1n) is 6.78. The molecule has 0 saturated carbocycles. The highest BCUT2D eigenvalue weighted by atomic mass is 19.4. The molecule has 1 amide bonds. The third-order valence-corrected chi connectivity index (χ3v) is 3.03. The first kappa shape index (κ1) is 18.3. The number of hydrogen-bond donors (Lipinski definition) is 0. The first-order valence-corrected chi connectivity index (χ1v) is 6.78. The van der Waals surface area contributed by atoms with Crippen LogP contribution in [0.1, 0.15) is 33.6 Å². The van der Waals surface area contributed by atoms with Gasteiger partial charge in [-0.25, -0.2) is 9.59 Å². The van der Waals surface area contributed by atoms with Crippen LogP contribution in [-0.2, 0) is 14.3 Å². The predicted octanol–water partition coefficient (Wildman–Crippen LogP) is 3.05. The van der Waals surface area contributed by atoms with Gasteiger partial charge in [0.15, 0.2) is 0 Å². The van der Waals surface area contributed by atoms with E-state index in [1.54, 1.807) is 20.8 Å². The lowest BCUT2D eigenvalue weighted by Crippen LogP contribution is -2.53. The van der Waals surface area contributed by atoms with Crippen molar-refractivity contribution in [1.29, 1.82) is 0 Å². The molecule has 1 saturated heterocycles. The third-order valence-electron chi connectivity index (χ3n) is 3.03. The maximum absolute atomic E-state index is 13.2. The van der Waals surface area contributed by atoms with Gasteiger partial charge in [0.2, 0.25) is 0 Å². The number of hydrogen-bond acceptors (Lipinski definition) is 4. The number of halogens is 3. The van der Waals surface area contributed by atoms with Gasteiger partial charge < -0.3 is 9.47 Å². The topological polar surface area (TPSA) is 55.8 Å². The monoisotopic (exact) mass is 323 g/mol. The van der Waals surface area contributed by atoms with Crippen molar-refractivity contribution in [3.8, 4) is 0 Å². The van der Waals surface area contributed by atoms with E-state index in [-0.39, 0.29) is 13.0 Å². The van der Waals surface area contributed by atoms with E-state index in [2.05, 4.69) is 4.74 Å². The lowest BCUT2D eigenvalue weighted by atomic mass is 9.96. The van der Waals surface area contributed by atoms with Crippen LogP contribution in [0.5, 0.6) is 0 Å². The van der Waals surface area contributed by atoms with Gasteiger partial charge in [-0.3, -0.25) is 4.90 Å². The smallest absolute Gasteiger partial charge is 0.410 e. The molecule has 0 aliphatic carbocycles. The van der Waals surface area contributed by atoms with E-state index < -0.39 is 36.3 Å². The summed E-state index contributed by atoms with van der Waals surface area (Å²) in [4.78, 5) is 23.8. The van der Waals surface area contributed by atoms with E-state index in [1.165, 1.54) is 0 Å². The number of carbonyl (C=O) groups excluding carboxylic acids is 2. The molecule has 8 heteroatoms. The highest BCUT2D eigenvalue weighted by molar-refractivity contribution is 5.82. The minimum atomic E-state index is -4.60. The summed E-state index contributed by atoms with van der Waals surface area (Å²) in [7, 11) is 1.15. The Labute approximate surface area is 127 Å². The van der Waals surface area contributed by atoms with Crippen molar-refractivity contribution in [2.24, 2.45) is 0 Å². The van der Waals surface area contributed by atoms with Crippen molar-refractivity contribution >= 4 is 12.1 Å². The van der Waals surface area contributed by atoms with Gasteiger partial charge in [-0.1, -0.05) is 5.57 Å². The van der Waals surface area contributed by atoms with Crippen LogP contribution in [0.2, 0.25) is 0 Å². The number of carbonyl (C=O) groups is 2. The molecule has 1 aliphatic rings. The number of ether oxygens (including phenoxy) is 2. The Kier molecular flexibility index (Phi) is 5.48. The van der Waals surface area contributed by atoms with Gasteiger partial charge in [-0.15, -0.1) is 0 Å². The molecule has 22 heavy (non-hydrogen) atoms. The van der Waals surface area contributed by atoms with Crippen molar-refractivity contribution in [3.63, 3.8) is 0 Å². The molecule has 0 N–H and O–H groups in total. The molecule has 126 valence electrons. The summed E-state index contributed by atoms with van der Waals surface area (Å²) in [6.07, 6.45) is -4.86. The van der Waals surface area contributed by atoms with Crippen LogP contribution in [0.25, 0.3) is 0 Å².